The number of carbonyl (C=O) groups is 1. The number of nitrogens with zero attached hydrogens (tertiary/aromatic N) is 3. The monoisotopic (exact) mass is 577 g/mol. The highest BCUT2D eigenvalue weighted by molar-refractivity contribution is 9.10. The van der Waals surface area contributed by atoms with E-state index in [1.54, 1.807) is 17.6 Å². The molecule has 0 unspecified atom stereocenters. The summed E-state index contributed by atoms with van der Waals surface area (Å²) in [6, 6.07) is 20.1. The molecule has 0 saturated heterocycles. The summed E-state index contributed by atoms with van der Waals surface area (Å²) in [6.07, 6.45) is 1.71. The molecule has 0 saturated carbocycles. The molecule has 37 heavy (non-hydrogen) atoms. The van der Waals surface area contributed by atoms with E-state index in [0.29, 0.717) is 32.2 Å². The number of carbonyl (C=O) groups excluding carboxylic acids is 1. The number of furan rings is 1. The lowest BCUT2D eigenvalue weighted by Gasteiger charge is -2.25. The molecule has 0 fully saturated rings. The van der Waals surface area contributed by atoms with Crippen molar-refractivity contribution in [2.45, 2.75) is 13.0 Å². The Labute approximate surface area is 225 Å². The first-order valence-electron chi connectivity index (χ1n) is 11.7. The number of rotatable bonds is 6. The standard InChI is InChI=1S/C28H24BrN3O4S/c1-4-35-27(34)22-23(17-11-7-5-8-12-17)30-28-32(24(22)18-13-9-6-10-14-18)25(33)21(37-28)16-19-15-20(29)26(36-19)31(2)3/h5-16,24H,4H2,1-3H3/b21-16+/t24-/m1/s1. The van der Waals surface area contributed by atoms with Crippen LogP contribution in [-0.2, 0) is 9.53 Å². The number of ether oxygens (including phenoxy) is 1. The van der Waals surface area contributed by atoms with Gasteiger partial charge >= 0.3 is 5.97 Å². The van der Waals surface area contributed by atoms with Gasteiger partial charge in [0, 0.05) is 31.8 Å². The number of halogens is 1. The van der Waals surface area contributed by atoms with Gasteiger partial charge in [-0.1, -0.05) is 72.0 Å². The Morgan fingerprint density at radius 2 is 1.84 bits per heavy atom. The molecule has 7 nitrogen and oxygen atoms in total. The minimum Gasteiger partial charge on any atom is -0.463 e. The fourth-order valence-electron chi connectivity index (χ4n) is 4.27. The molecule has 4 aromatic rings. The SMILES string of the molecule is CCOC(=O)C1=C(c2ccccc2)N=c2s/c(=C/c3cc(Br)c(N(C)C)o3)c(=O)n2[C@@H]1c1ccccc1. The van der Waals surface area contributed by atoms with Gasteiger partial charge in [0.2, 0.25) is 5.88 Å². The third-order valence-corrected chi connectivity index (χ3v) is 7.41. The summed E-state index contributed by atoms with van der Waals surface area (Å²) in [5.74, 6) is 0.681. The van der Waals surface area contributed by atoms with Crippen LogP contribution >= 0.6 is 27.3 Å². The zero-order valence-electron chi connectivity index (χ0n) is 20.5. The van der Waals surface area contributed by atoms with E-state index in [1.807, 2.05) is 85.7 Å². The van der Waals surface area contributed by atoms with Crippen LogP contribution in [0.25, 0.3) is 11.8 Å². The van der Waals surface area contributed by atoms with E-state index in [4.69, 9.17) is 14.1 Å². The van der Waals surface area contributed by atoms with Gasteiger partial charge in [-0.15, -0.1) is 0 Å². The van der Waals surface area contributed by atoms with E-state index in [9.17, 15) is 9.59 Å². The van der Waals surface area contributed by atoms with Crippen molar-refractivity contribution in [3.8, 4) is 0 Å². The number of benzene rings is 2. The molecule has 0 radical (unpaired) electrons. The summed E-state index contributed by atoms with van der Waals surface area (Å²) in [4.78, 5) is 34.4. The third kappa shape index (κ3) is 4.72. The van der Waals surface area contributed by atoms with E-state index in [-0.39, 0.29) is 12.2 Å². The first kappa shape index (κ1) is 25.0. The number of aromatic nitrogens is 1. The molecule has 0 aliphatic carbocycles. The highest BCUT2D eigenvalue weighted by Gasteiger charge is 2.35. The highest BCUT2D eigenvalue weighted by Crippen LogP contribution is 2.35. The molecule has 1 aliphatic heterocycles. The maximum absolute atomic E-state index is 13.8. The van der Waals surface area contributed by atoms with Crippen molar-refractivity contribution in [3.63, 3.8) is 0 Å². The molecule has 0 spiro atoms. The second-order valence-corrected chi connectivity index (χ2v) is 10.4. The zero-order chi connectivity index (χ0) is 26.1. The number of fused-ring (bicyclic) bond motifs is 1. The summed E-state index contributed by atoms with van der Waals surface area (Å²) in [6.45, 7) is 1.97. The fourth-order valence-corrected chi connectivity index (χ4v) is 5.92. The van der Waals surface area contributed by atoms with Gasteiger partial charge in [0.1, 0.15) is 5.76 Å². The van der Waals surface area contributed by atoms with Gasteiger partial charge in [-0.2, -0.15) is 0 Å². The molecule has 2 aromatic carbocycles. The number of thiazole rings is 1. The average Bonchev–Trinajstić information content (AvgIpc) is 3.43. The molecule has 1 aliphatic rings. The van der Waals surface area contributed by atoms with Crippen LogP contribution in [-0.4, -0.2) is 31.2 Å². The van der Waals surface area contributed by atoms with Crippen LogP contribution in [0.3, 0.4) is 0 Å². The summed E-state index contributed by atoms with van der Waals surface area (Å²) in [5.41, 5.74) is 2.13. The van der Waals surface area contributed by atoms with Gasteiger partial charge in [0.05, 0.1) is 32.9 Å². The number of esters is 1. The first-order chi connectivity index (χ1) is 17.9. The normalized spacial score (nSPS) is 15.4. The first-order valence-corrected chi connectivity index (χ1v) is 13.3. The largest absolute Gasteiger partial charge is 0.463 e. The van der Waals surface area contributed by atoms with Gasteiger partial charge in [0.25, 0.3) is 5.56 Å². The van der Waals surface area contributed by atoms with Crippen LogP contribution in [0.15, 0.2) is 91.0 Å². The summed E-state index contributed by atoms with van der Waals surface area (Å²) >= 11 is 4.76. The highest BCUT2D eigenvalue weighted by atomic mass is 79.9. The van der Waals surface area contributed by atoms with Crippen molar-refractivity contribution in [1.29, 1.82) is 0 Å². The van der Waals surface area contributed by atoms with Crippen LogP contribution < -0.4 is 19.8 Å². The average molecular weight is 578 g/mol. The van der Waals surface area contributed by atoms with Gasteiger partial charge in [-0.3, -0.25) is 9.36 Å². The zero-order valence-corrected chi connectivity index (χ0v) is 22.9. The van der Waals surface area contributed by atoms with Crippen LogP contribution in [0.5, 0.6) is 0 Å². The van der Waals surface area contributed by atoms with Gasteiger partial charge in [-0.05, 0) is 28.4 Å². The van der Waals surface area contributed by atoms with Crippen LogP contribution in [0.4, 0.5) is 5.88 Å². The molecule has 0 amide bonds. The van der Waals surface area contributed by atoms with Crippen molar-refractivity contribution >= 4 is 50.9 Å². The van der Waals surface area contributed by atoms with Crippen LogP contribution in [0.2, 0.25) is 0 Å². The molecule has 188 valence electrons. The molecule has 2 aromatic heterocycles. The van der Waals surface area contributed by atoms with E-state index in [2.05, 4.69) is 15.9 Å². The Morgan fingerprint density at radius 1 is 1.16 bits per heavy atom. The van der Waals surface area contributed by atoms with Crippen molar-refractivity contribution in [2.24, 2.45) is 4.99 Å². The molecular formula is C28H24BrN3O4S. The van der Waals surface area contributed by atoms with E-state index in [0.717, 1.165) is 15.6 Å². The molecule has 3 heterocycles. The van der Waals surface area contributed by atoms with E-state index >= 15 is 0 Å². The molecule has 0 N–H and O–H groups in total. The second-order valence-electron chi connectivity index (χ2n) is 8.54. The summed E-state index contributed by atoms with van der Waals surface area (Å²) < 4.78 is 14.2. The quantitative estimate of drug-likeness (QED) is 0.318. The lowest BCUT2D eigenvalue weighted by atomic mass is 9.93. The Balaban J connectivity index is 1.80. The summed E-state index contributed by atoms with van der Waals surface area (Å²) in [7, 11) is 3.76. The lowest BCUT2D eigenvalue weighted by Crippen LogP contribution is -2.39. The Kier molecular flexibility index (Phi) is 6.99. The molecule has 9 heteroatoms. The fraction of sp³-hybridized carbons (Fsp3) is 0.179. The predicted octanol–water partition coefficient (Wildman–Crippen LogP) is 4.36. The van der Waals surface area contributed by atoms with Crippen molar-refractivity contribution in [2.75, 3.05) is 25.6 Å². The van der Waals surface area contributed by atoms with Crippen LogP contribution in [0, 0.1) is 0 Å². The number of hydrogen-bond acceptors (Lipinski definition) is 7. The Morgan fingerprint density at radius 3 is 2.46 bits per heavy atom. The molecule has 5 rings (SSSR count). The van der Waals surface area contributed by atoms with Crippen molar-refractivity contribution in [3.05, 3.63) is 113 Å². The molecule has 0 bridgehead atoms. The maximum atomic E-state index is 13.8. The Hall–Kier alpha value is -3.69. The smallest absolute Gasteiger partial charge is 0.338 e. The lowest BCUT2D eigenvalue weighted by molar-refractivity contribution is -0.138. The second kappa shape index (κ2) is 10.4. The number of hydrogen-bond donors (Lipinski definition) is 0. The minimum atomic E-state index is -0.700. The molecule has 1 atom stereocenters. The maximum Gasteiger partial charge on any atom is 0.338 e. The predicted molar refractivity (Wildman–Crippen MR) is 148 cm³/mol. The van der Waals surface area contributed by atoms with Crippen molar-refractivity contribution < 1.29 is 13.9 Å². The van der Waals surface area contributed by atoms with Gasteiger partial charge < -0.3 is 14.1 Å². The third-order valence-electron chi connectivity index (χ3n) is 5.86. The van der Waals surface area contributed by atoms with E-state index in [1.165, 1.54) is 11.3 Å². The Bertz CT molecular complexity index is 1670. The van der Waals surface area contributed by atoms with E-state index < -0.39 is 12.0 Å². The summed E-state index contributed by atoms with van der Waals surface area (Å²) in [5, 5.41) is 0. The van der Waals surface area contributed by atoms with Crippen LogP contribution in [0.1, 0.15) is 29.9 Å². The minimum absolute atomic E-state index is 0.206. The van der Waals surface area contributed by atoms with Crippen molar-refractivity contribution in [1.82, 2.24) is 4.57 Å². The number of anilines is 1. The topological polar surface area (TPSA) is 77.0 Å². The van der Waals surface area contributed by atoms with Gasteiger partial charge in [-0.25, -0.2) is 9.79 Å². The molecular weight excluding hydrogens is 554 g/mol. The van der Waals surface area contributed by atoms with Gasteiger partial charge in [0.15, 0.2) is 4.80 Å².